The molecule has 2 heterocycles. The first-order valence-corrected chi connectivity index (χ1v) is 6.88. The summed E-state index contributed by atoms with van der Waals surface area (Å²) in [5.41, 5.74) is 0.887. The number of nitrogens with one attached hydrogen (secondary N) is 1. The predicted molar refractivity (Wildman–Crippen MR) is 71.5 cm³/mol. The number of halogens is 2. The monoisotopic (exact) mass is 284 g/mol. The Morgan fingerprint density at radius 2 is 2.10 bits per heavy atom. The molecule has 2 aliphatic heterocycles. The summed E-state index contributed by atoms with van der Waals surface area (Å²) in [6.07, 6.45) is -2.52. The van der Waals surface area contributed by atoms with Crippen LogP contribution in [0, 0.1) is 0 Å². The number of anilines is 1. The van der Waals surface area contributed by atoms with Crippen LogP contribution in [0.4, 0.5) is 14.5 Å². The molecular formula is C14H18F2N2O2. The van der Waals surface area contributed by atoms with E-state index in [1.165, 1.54) is 0 Å². The Morgan fingerprint density at radius 1 is 1.35 bits per heavy atom. The van der Waals surface area contributed by atoms with Crippen LogP contribution in [0.1, 0.15) is 20.3 Å². The van der Waals surface area contributed by atoms with Crippen molar-refractivity contribution < 1.29 is 18.3 Å². The molecule has 110 valence electrons. The fourth-order valence-corrected chi connectivity index (χ4v) is 2.68. The minimum absolute atomic E-state index is 0.0913. The molecule has 3 rings (SSSR count). The van der Waals surface area contributed by atoms with Gasteiger partial charge in [-0.1, -0.05) is 6.92 Å². The number of ether oxygens (including phenoxy) is 2. The Hall–Kier alpha value is -1.56. The minimum Gasteiger partial charge on any atom is -0.395 e. The van der Waals surface area contributed by atoms with Crippen LogP contribution >= 0.6 is 0 Å². The van der Waals surface area contributed by atoms with E-state index in [1.54, 1.807) is 18.2 Å². The van der Waals surface area contributed by atoms with Crippen LogP contribution in [0.15, 0.2) is 18.2 Å². The molecule has 2 aliphatic rings. The summed E-state index contributed by atoms with van der Waals surface area (Å²) in [6, 6.07) is 5.70. The van der Waals surface area contributed by atoms with Crippen molar-refractivity contribution in [1.82, 2.24) is 5.32 Å². The summed E-state index contributed by atoms with van der Waals surface area (Å²) in [7, 11) is 0. The van der Waals surface area contributed by atoms with Crippen molar-refractivity contribution in [3.8, 4) is 11.5 Å². The van der Waals surface area contributed by atoms with Gasteiger partial charge in [-0.3, -0.25) is 0 Å². The number of rotatable bonds is 2. The van der Waals surface area contributed by atoms with Crippen molar-refractivity contribution in [2.24, 2.45) is 0 Å². The smallest absolute Gasteiger partial charge is 0.395 e. The van der Waals surface area contributed by atoms with E-state index in [1.807, 2.05) is 0 Å². The van der Waals surface area contributed by atoms with Crippen molar-refractivity contribution in [2.45, 2.75) is 38.6 Å². The van der Waals surface area contributed by atoms with Crippen molar-refractivity contribution in [1.29, 1.82) is 0 Å². The normalized spacial score (nSPS) is 27.7. The van der Waals surface area contributed by atoms with E-state index in [0.717, 1.165) is 25.2 Å². The zero-order valence-electron chi connectivity index (χ0n) is 11.5. The highest BCUT2D eigenvalue weighted by atomic mass is 19.3. The van der Waals surface area contributed by atoms with Gasteiger partial charge in [0.2, 0.25) is 0 Å². The molecule has 0 saturated carbocycles. The first-order chi connectivity index (χ1) is 9.48. The van der Waals surface area contributed by atoms with E-state index < -0.39 is 6.29 Å². The number of hydrogen-bond acceptors (Lipinski definition) is 4. The molecule has 2 unspecified atom stereocenters. The number of alkyl halides is 2. The molecule has 2 atom stereocenters. The maximum Gasteiger partial charge on any atom is 0.586 e. The quantitative estimate of drug-likeness (QED) is 0.905. The van der Waals surface area contributed by atoms with Crippen LogP contribution in [-0.2, 0) is 0 Å². The molecule has 0 spiro atoms. The van der Waals surface area contributed by atoms with Gasteiger partial charge in [-0.2, -0.15) is 0 Å². The molecule has 1 fully saturated rings. The van der Waals surface area contributed by atoms with Gasteiger partial charge >= 0.3 is 6.29 Å². The first-order valence-electron chi connectivity index (χ1n) is 6.88. The van der Waals surface area contributed by atoms with Crippen LogP contribution in [0.25, 0.3) is 0 Å². The molecule has 0 aromatic heterocycles. The molecule has 1 N–H and O–H groups in total. The number of nitrogens with zero attached hydrogens (tertiary/aromatic N) is 1. The Kier molecular flexibility index (Phi) is 3.20. The second-order valence-electron chi connectivity index (χ2n) is 5.31. The molecule has 0 aliphatic carbocycles. The average molecular weight is 284 g/mol. The molecule has 4 nitrogen and oxygen atoms in total. The number of fused-ring (bicyclic) bond motifs is 1. The van der Waals surface area contributed by atoms with Gasteiger partial charge in [-0.25, -0.2) is 0 Å². The first kappa shape index (κ1) is 13.4. The molecule has 0 bridgehead atoms. The highest BCUT2D eigenvalue weighted by Gasteiger charge is 2.43. The predicted octanol–water partition coefficient (Wildman–Crippen LogP) is 2.58. The fraction of sp³-hybridized carbons (Fsp3) is 0.571. The molecule has 0 amide bonds. The van der Waals surface area contributed by atoms with Crippen LogP contribution in [0.5, 0.6) is 11.5 Å². The molecular weight excluding hydrogens is 266 g/mol. The van der Waals surface area contributed by atoms with Gasteiger partial charge in [0.1, 0.15) is 0 Å². The third-order valence-electron chi connectivity index (χ3n) is 3.86. The van der Waals surface area contributed by atoms with E-state index in [2.05, 4.69) is 33.5 Å². The second kappa shape index (κ2) is 4.77. The average Bonchev–Trinajstić information content (AvgIpc) is 2.72. The zero-order valence-corrected chi connectivity index (χ0v) is 11.5. The van der Waals surface area contributed by atoms with Crippen molar-refractivity contribution >= 4 is 5.69 Å². The number of piperazine rings is 1. The van der Waals surface area contributed by atoms with Gasteiger partial charge in [-0.05, 0) is 25.5 Å². The van der Waals surface area contributed by atoms with E-state index in [4.69, 9.17) is 0 Å². The van der Waals surface area contributed by atoms with Gasteiger partial charge in [0, 0.05) is 36.9 Å². The number of hydrogen-bond donors (Lipinski definition) is 1. The lowest BCUT2D eigenvalue weighted by Crippen LogP contribution is -2.55. The highest BCUT2D eigenvalue weighted by molar-refractivity contribution is 5.58. The SMILES string of the molecule is CCC1CN(c2ccc3c(c2)OC(F)(F)O3)C(C)CN1. The summed E-state index contributed by atoms with van der Waals surface area (Å²) in [6.45, 7) is 5.97. The molecule has 0 radical (unpaired) electrons. The molecule has 1 aromatic rings. The van der Waals surface area contributed by atoms with Gasteiger partial charge in [0.05, 0.1) is 0 Å². The third kappa shape index (κ3) is 2.40. The highest BCUT2D eigenvalue weighted by Crippen LogP contribution is 2.43. The lowest BCUT2D eigenvalue weighted by molar-refractivity contribution is -0.286. The van der Waals surface area contributed by atoms with Gasteiger partial charge in [-0.15, -0.1) is 8.78 Å². The summed E-state index contributed by atoms with van der Waals surface area (Å²) in [4.78, 5) is 2.21. The standard InChI is InChI=1S/C14H18F2N2O2/c1-3-10-8-18(9(2)7-17-10)11-4-5-12-13(6-11)20-14(15,16)19-12/h4-6,9-10,17H,3,7-8H2,1-2H3. The van der Waals surface area contributed by atoms with Crippen LogP contribution in [0.2, 0.25) is 0 Å². The number of benzene rings is 1. The van der Waals surface area contributed by atoms with Crippen molar-refractivity contribution in [3.05, 3.63) is 18.2 Å². The Bertz CT molecular complexity index is 510. The molecule has 6 heteroatoms. The van der Waals surface area contributed by atoms with E-state index in [0.29, 0.717) is 12.1 Å². The Labute approximate surface area is 116 Å². The molecule has 20 heavy (non-hydrogen) atoms. The van der Waals surface area contributed by atoms with Crippen molar-refractivity contribution in [3.63, 3.8) is 0 Å². The summed E-state index contributed by atoms with van der Waals surface area (Å²) in [5, 5.41) is 3.47. The van der Waals surface area contributed by atoms with Crippen molar-refractivity contribution in [2.75, 3.05) is 18.0 Å². The zero-order chi connectivity index (χ0) is 14.3. The largest absolute Gasteiger partial charge is 0.586 e. The molecule has 1 saturated heterocycles. The van der Waals surface area contributed by atoms with Gasteiger partial charge in [0.15, 0.2) is 11.5 Å². The minimum atomic E-state index is -3.55. The van der Waals surface area contributed by atoms with Gasteiger partial charge in [0.25, 0.3) is 0 Å². The maximum atomic E-state index is 13.0. The fourth-order valence-electron chi connectivity index (χ4n) is 2.68. The lowest BCUT2D eigenvalue weighted by atomic mass is 10.1. The lowest BCUT2D eigenvalue weighted by Gasteiger charge is -2.40. The van der Waals surface area contributed by atoms with Crippen LogP contribution < -0.4 is 19.7 Å². The molecule has 1 aromatic carbocycles. The second-order valence-corrected chi connectivity index (χ2v) is 5.31. The Balaban J connectivity index is 1.84. The van der Waals surface area contributed by atoms with E-state index in [-0.39, 0.29) is 11.5 Å². The van der Waals surface area contributed by atoms with E-state index in [9.17, 15) is 8.78 Å². The van der Waals surface area contributed by atoms with Crippen LogP contribution in [-0.4, -0.2) is 31.5 Å². The third-order valence-corrected chi connectivity index (χ3v) is 3.86. The van der Waals surface area contributed by atoms with E-state index >= 15 is 0 Å². The summed E-state index contributed by atoms with van der Waals surface area (Å²) >= 11 is 0. The maximum absolute atomic E-state index is 13.0. The topological polar surface area (TPSA) is 33.7 Å². The van der Waals surface area contributed by atoms with Gasteiger partial charge < -0.3 is 19.7 Å². The Morgan fingerprint density at radius 3 is 2.85 bits per heavy atom. The van der Waals surface area contributed by atoms with Crippen LogP contribution in [0.3, 0.4) is 0 Å². The summed E-state index contributed by atoms with van der Waals surface area (Å²) in [5.74, 6) is 0.194. The summed E-state index contributed by atoms with van der Waals surface area (Å²) < 4.78 is 35.0.